The molecular formula is C21H24O6. The molecule has 0 aromatic heterocycles. The third-order valence-corrected chi connectivity index (χ3v) is 5.94. The van der Waals surface area contributed by atoms with Crippen LogP contribution in [-0.2, 0) is 19.0 Å². The minimum absolute atomic E-state index is 0.0250. The van der Waals surface area contributed by atoms with Crippen molar-refractivity contribution in [3.63, 3.8) is 0 Å². The zero-order valence-corrected chi connectivity index (χ0v) is 15.8. The first-order valence-corrected chi connectivity index (χ1v) is 9.07. The van der Waals surface area contributed by atoms with Crippen molar-refractivity contribution >= 4 is 5.78 Å². The molecule has 0 amide bonds. The maximum Gasteiger partial charge on any atom is 0.231 e. The van der Waals surface area contributed by atoms with Gasteiger partial charge in [0, 0.05) is 19.1 Å². The highest BCUT2D eigenvalue weighted by molar-refractivity contribution is 5.94. The molecule has 0 radical (unpaired) electrons. The maximum atomic E-state index is 12.7. The average Bonchev–Trinajstić information content (AvgIpc) is 3.26. The SMILES string of the molecule is C=CC[C@@H]1C(=O)C=C(OC)[C@]2(OC)[C@H](C)[C@H](c3ccc4c(c3)OCO4)O[C@@H]12. The van der Waals surface area contributed by atoms with E-state index in [-0.39, 0.29) is 30.5 Å². The molecule has 1 fully saturated rings. The zero-order valence-electron chi connectivity index (χ0n) is 15.8. The van der Waals surface area contributed by atoms with Crippen LogP contribution in [0.15, 0.2) is 42.7 Å². The lowest BCUT2D eigenvalue weighted by atomic mass is 9.71. The molecule has 0 N–H and O–H groups in total. The summed E-state index contributed by atoms with van der Waals surface area (Å²) < 4.78 is 29.0. The lowest BCUT2D eigenvalue weighted by Gasteiger charge is -2.42. The van der Waals surface area contributed by atoms with E-state index in [0.717, 1.165) is 11.3 Å². The summed E-state index contributed by atoms with van der Waals surface area (Å²) in [5.74, 6) is 1.47. The van der Waals surface area contributed by atoms with Gasteiger partial charge in [-0.15, -0.1) is 6.58 Å². The van der Waals surface area contributed by atoms with Gasteiger partial charge in [-0.3, -0.25) is 4.79 Å². The molecule has 6 nitrogen and oxygen atoms in total. The molecule has 0 spiro atoms. The summed E-state index contributed by atoms with van der Waals surface area (Å²) in [7, 11) is 3.20. The minimum Gasteiger partial charge on any atom is -0.498 e. The van der Waals surface area contributed by atoms with Gasteiger partial charge in [0.1, 0.15) is 11.9 Å². The first kappa shape index (κ1) is 18.1. The molecule has 1 aromatic rings. The minimum atomic E-state index is -0.836. The maximum absolute atomic E-state index is 12.7. The molecular weight excluding hydrogens is 348 g/mol. The number of methoxy groups -OCH3 is 2. The summed E-state index contributed by atoms with van der Waals surface area (Å²) in [6.07, 6.45) is 3.08. The van der Waals surface area contributed by atoms with Gasteiger partial charge in [0.2, 0.25) is 6.79 Å². The number of rotatable bonds is 5. The molecule has 2 heterocycles. The largest absolute Gasteiger partial charge is 0.498 e. The van der Waals surface area contributed by atoms with Gasteiger partial charge in [-0.25, -0.2) is 0 Å². The number of ketones is 1. The third-order valence-electron chi connectivity index (χ3n) is 5.94. The van der Waals surface area contributed by atoms with Gasteiger partial charge in [-0.2, -0.15) is 0 Å². The third kappa shape index (κ3) is 2.51. The van der Waals surface area contributed by atoms with E-state index in [2.05, 4.69) is 13.5 Å². The van der Waals surface area contributed by atoms with Crippen molar-refractivity contribution in [2.24, 2.45) is 11.8 Å². The van der Waals surface area contributed by atoms with Crippen molar-refractivity contribution < 1.29 is 28.5 Å². The summed E-state index contributed by atoms with van der Waals surface area (Å²) in [5, 5.41) is 0. The zero-order chi connectivity index (χ0) is 19.2. The summed E-state index contributed by atoms with van der Waals surface area (Å²) in [6, 6.07) is 5.79. The van der Waals surface area contributed by atoms with Crippen LogP contribution in [0.1, 0.15) is 25.0 Å². The smallest absolute Gasteiger partial charge is 0.231 e. The highest BCUT2D eigenvalue weighted by Gasteiger charge is 2.63. The van der Waals surface area contributed by atoms with Crippen molar-refractivity contribution in [3.05, 3.63) is 48.3 Å². The summed E-state index contributed by atoms with van der Waals surface area (Å²) in [4.78, 5) is 12.7. The van der Waals surface area contributed by atoms with Crippen LogP contribution in [-0.4, -0.2) is 38.5 Å². The second kappa shape index (κ2) is 6.69. The number of benzene rings is 1. The van der Waals surface area contributed by atoms with Crippen molar-refractivity contribution in [2.45, 2.75) is 31.2 Å². The predicted octanol–water partition coefficient (Wildman–Crippen LogP) is 3.18. The Balaban J connectivity index is 1.78. The quantitative estimate of drug-likeness (QED) is 0.740. The van der Waals surface area contributed by atoms with Crippen LogP contribution in [0, 0.1) is 11.8 Å². The van der Waals surface area contributed by atoms with Crippen LogP contribution in [0.3, 0.4) is 0 Å². The van der Waals surface area contributed by atoms with E-state index in [9.17, 15) is 4.79 Å². The Labute approximate surface area is 158 Å². The molecule has 0 unspecified atom stereocenters. The van der Waals surface area contributed by atoms with Gasteiger partial charge in [-0.05, 0) is 24.1 Å². The molecule has 0 saturated carbocycles. The van der Waals surface area contributed by atoms with E-state index >= 15 is 0 Å². The first-order valence-electron chi connectivity index (χ1n) is 9.07. The molecule has 2 aliphatic heterocycles. The number of carbonyl (C=O) groups excluding carboxylic acids is 1. The van der Waals surface area contributed by atoms with Crippen molar-refractivity contribution in [1.29, 1.82) is 0 Å². The topological polar surface area (TPSA) is 63.2 Å². The van der Waals surface area contributed by atoms with E-state index in [1.807, 2.05) is 18.2 Å². The fourth-order valence-corrected chi connectivity index (χ4v) is 4.62. The van der Waals surface area contributed by atoms with Gasteiger partial charge in [0.25, 0.3) is 0 Å². The average molecular weight is 372 g/mol. The lowest BCUT2D eigenvalue weighted by Crippen LogP contribution is -2.54. The Kier molecular flexibility index (Phi) is 4.48. The van der Waals surface area contributed by atoms with Gasteiger partial charge < -0.3 is 23.7 Å². The first-order chi connectivity index (χ1) is 13.1. The van der Waals surface area contributed by atoms with Gasteiger partial charge >= 0.3 is 0 Å². The number of carbonyl (C=O) groups is 1. The van der Waals surface area contributed by atoms with Crippen LogP contribution in [0.4, 0.5) is 0 Å². The Bertz CT molecular complexity index is 800. The number of hydrogen-bond donors (Lipinski definition) is 0. The van der Waals surface area contributed by atoms with E-state index in [0.29, 0.717) is 17.9 Å². The number of fused-ring (bicyclic) bond motifs is 2. The number of allylic oxidation sites excluding steroid dienone is 2. The molecule has 1 aliphatic carbocycles. The normalized spacial score (nSPS) is 34.2. The van der Waals surface area contributed by atoms with E-state index in [4.69, 9.17) is 23.7 Å². The highest BCUT2D eigenvalue weighted by Crippen LogP contribution is 2.55. The Morgan fingerprint density at radius 3 is 2.78 bits per heavy atom. The van der Waals surface area contributed by atoms with Crippen LogP contribution < -0.4 is 9.47 Å². The molecule has 1 saturated heterocycles. The summed E-state index contributed by atoms with van der Waals surface area (Å²) in [6.45, 7) is 6.08. The number of hydrogen-bond acceptors (Lipinski definition) is 6. The van der Waals surface area contributed by atoms with Gasteiger partial charge in [-0.1, -0.05) is 19.1 Å². The van der Waals surface area contributed by atoms with Crippen molar-refractivity contribution in [2.75, 3.05) is 21.0 Å². The second-order valence-corrected chi connectivity index (χ2v) is 7.12. The van der Waals surface area contributed by atoms with Crippen LogP contribution in [0.5, 0.6) is 11.5 Å². The molecule has 144 valence electrons. The van der Waals surface area contributed by atoms with E-state index in [1.54, 1.807) is 26.4 Å². The lowest BCUT2D eigenvalue weighted by molar-refractivity contribution is -0.141. The second-order valence-electron chi connectivity index (χ2n) is 7.12. The monoisotopic (exact) mass is 372 g/mol. The highest BCUT2D eigenvalue weighted by atomic mass is 16.7. The molecule has 27 heavy (non-hydrogen) atoms. The van der Waals surface area contributed by atoms with E-state index < -0.39 is 11.7 Å². The van der Waals surface area contributed by atoms with Gasteiger partial charge in [0.05, 0.1) is 19.1 Å². The van der Waals surface area contributed by atoms with Crippen LogP contribution >= 0.6 is 0 Å². The Morgan fingerprint density at radius 1 is 1.30 bits per heavy atom. The van der Waals surface area contributed by atoms with E-state index in [1.165, 1.54) is 0 Å². The standard InChI is InChI=1S/C21H24O6/c1-5-6-14-15(22)10-18(23-3)21(24-4)12(2)19(27-20(14)21)13-7-8-16-17(9-13)26-11-25-16/h5,7-10,12,14,19-20H,1,6,11H2,2-4H3/t12-,14-,19-,20+,21-/m1/s1. The summed E-state index contributed by atoms with van der Waals surface area (Å²) in [5.41, 5.74) is 0.120. The molecule has 6 heteroatoms. The molecule has 1 aromatic carbocycles. The van der Waals surface area contributed by atoms with Crippen molar-refractivity contribution in [1.82, 2.24) is 0 Å². The fraction of sp³-hybridized carbons (Fsp3) is 0.476. The van der Waals surface area contributed by atoms with Crippen LogP contribution in [0.25, 0.3) is 0 Å². The molecule has 0 bridgehead atoms. The number of ether oxygens (including phenoxy) is 5. The molecule has 5 atom stereocenters. The van der Waals surface area contributed by atoms with Crippen LogP contribution in [0.2, 0.25) is 0 Å². The molecule has 3 aliphatic rings. The molecule has 4 rings (SSSR count). The van der Waals surface area contributed by atoms with Gasteiger partial charge in [0.15, 0.2) is 22.9 Å². The van der Waals surface area contributed by atoms with Crippen molar-refractivity contribution in [3.8, 4) is 11.5 Å². The Hall–Kier alpha value is -2.31. The predicted molar refractivity (Wildman–Crippen MR) is 97.5 cm³/mol. The Morgan fingerprint density at radius 2 is 2.07 bits per heavy atom. The fourth-order valence-electron chi connectivity index (χ4n) is 4.62. The summed E-state index contributed by atoms with van der Waals surface area (Å²) >= 11 is 0.